The molecule has 0 saturated carbocycles. The fraction of sp³-hybridized carbons (Fsp3) is 0.545. The normalized spacial score (nSPS) is 22.6. The molecule has 2 rings (SSSR count). The van der Waals surface area contributed by atoms with Gasteiger partial charge in [-0.2, -0.15) is 4.31 Å². The van der Waals surface area contributed by atoms with E-state index in [1.54, 1.807) is 12.1 Å². The number of hydrogen-bond acceptors (Lipinski definition) is 4. The summed E-state index contributed by atoms with van der Waals surface area (Å²) in [6, 6.07) is 3.38. The summed E-state index contributed by atoms with van der Waals surface area (Å²) < 4.78 is 26.3. The lowest BCUT2D eigenvalue weighted by atomic mass is 10.3. The highest BCUT2D eigenvalue weighted by Gasteiger charge is 2.31. The monoisotopic (exact) mass is 255 g/mol. The Bertz CT molecular complexity index is 501. The summed E-state index contributed by atoms with van der Waals surface area (Å²) in [5, 5.41) is 3.32. The van der Waals surface area contributed by atoms with Gasteiger partial charge in [-0.3, -0.25) is 0 Å². The zero-order chi connectivity index (χ0) is 12.5. The molecule has 6 heteroatoms. The van der Waals surface area contributed by atoms with Gasteiger partial charge in [0.15, 0.2) is 5.03 Å². The van der Waals surface area contributed by atoms with Gasteiger partial charge in [0.1, 0.15) is 0 Å². The minimum Gasteiger partial charge on any atom is -0.314 e. The second-order valence-electron chi connectivity index (χ2n) is 4.34. The van der Waals surface area contributed by atoms with E-state index in [0.29, 0.717) is 19.6 Å². The second kappa shape index (κ2) is 4.72. The molecule has 1 unspecified atom stereocenters. The molecular weight excluding hydrogens is 238 g/mol. The summed E-state index contributed by atoms with van der Waals surface area (Å²) in [4.78, 5) is 3.97. The molecule has 2 heterocycles. The molecule has 0 aromatic carbocycles. The van der Waals surface area contributed by atoms with Crippen LogP contribution >= 0.6 is 0 Å². The van der Waals surface area contributed by atoms with Crippen LogP contribution in [0.15, 0.2) is 23.4 Å². The largest absolute Gasteiger partial charge is 0.314 e. The van der Waals surface area contributed by atoms with Crippen molar-refractivity contribution >= 4 is 10.0 Å². The van der Waals surface area contributed by atoms with Crippen LogP contribution in [-0.4, -0.2) is 43.4 Å². The Hall–Kier alpha value is -0.980. The van der Waals surface area contributed by atoms with Gasteiger partial charge < -0.3 is 5.32 Å². The van der Waals surface area contributed by atoms with E-state index in [0.717, 1.165) is 5.56 Å². The van der Waals surface area contributed by atoms with Gasteiger partial charge >= 0.3 is 0 Å². The zero-order valence-corrected chi connectivity index (χ0v) is 10.9. The molecule has 1 aliphatic rings. The fourth-order valence-corrected chi connectivity index (χ4v) is 3.60. The topological polar surface area (TPSA) is 62.3 Å². The number of nitrogens with zero attached hydrogens (tertiary/aromatic N) is 2. The van der Waals surface area contributed by atoms with Crippen LogP contribution in [0.1, 0.15) is 12.5 Å². The minimum atomic E-state index is -3.45. The van der Waals surface area contributed by atoms with Crippen molar-refractivity contribution in [1.82, 2.24) is 14.6 Å². The average Bonchev–Trinajstić information content (AvgIpc) is 2.29. The Labute approximate surface area is 102 Å². The molecule has 0 radical (unpaired) electrons. The van der Waals surface area contributed by atoms with Crippen molar-refractivity contribution in [3.63, 3.8) is 0 Å². The highest BCUT2D eigenvalue weighted by molar-refractivity contribution is 7.89. The van der Waals surface area contributed by atoms with Gasteiger partial charge in [0.2, 0.25) is 0 Å². The van der Waals surface area contributed by atoms with Crippen LogP contribution in [0.3, 0.4) is 0 Å². The summed E-state index contributed by atoms with van der Waals surface area (Å²) in [5.41, 5.74) is 0.904. The Morgan fingerprint density at radius 3 is 2.94 bits per heavy atom. The van der Waals surface area contributed by atoms with Crippen LogP contribution in [0.4, 0.5) is 0 Å². The number of hydrogen-bond donors (Lipinski definition) is 1. The number of rotatable bonds is 2. The number of aryl methyl sites for hydroxylation is 1. The van der Waals surface area contributed by atoms with Crippen LogP contribution in [0, 0.1) is 6.92 Å². The number of aromatic nitrogens is 1. The third-order valence-corrected chi connectivity index (χ3v) is 4.82. The summed E-state index contributed by atoms with van der Waals surface area (Å²) in [7, 11) is -3.45. The van der Waals surface area contributed by atoms with Crippen molar-refractivity contribution in [2.75, 3.05) is 19.6 Å². The lowest BCUT2D eigenvalue weighted by Crippen LogP contribution is -2.52. The first-order valence-corrected chi connectivity index (χ1v) is 7.11. The van der Waals surface area contributed by atoms with E-state index >= 15 is 0 Å². The van der Waals surface area contributed by atoms with Crippen molar-refractivity contribution in [1.29, 1.82) is 0 Å². The molecule has 0 spiro atoms. The lowest BCUT2D eigenvalue weighted by Gasteiger charge is -2.32. The van der Waals surface area contributed by atoms with E-state index in [1.807, 2.05) is 13.8 Å². The Morgan fingerprint density at radius 2 is 2.29 bits per heavy atom. The number of piperazine rings is 1. The lowest BCUT2D eigenvalue weighted by molar-refractivity contribution is 0.283. The van der Waals surface area contributed by atoms with E-state index in [-0.39, 0.29) is 11.1 Å². The molecule has 1 aromatic rings. The maximum Gasteiger partial charge on any atom is 0.260 e. The van der Waals surface area contributed by atoms with E-state index in [9.17, 15) is 8.42 Å². The smallest absolute Gasteiger partial charge is 0.260 e. The van der Waals surface area contributed by atoms with E-state index in [4.69, 9.17) is 0 Å². The third kappa shape index (κ3) is 2.48. The highest BCUT2D eigenvalue weighted by atomic mass is 32.2. The van der Waals surface area contributed by atoms with Gasteiger partial charge in [0.25, 0.3) is 10.0 Å². The molecular formula is C11H17N3O2S. The molecule has 1 atom stereocenters. The van der Waals surface area contributed by atoms with E-state index < -0.39 is 10.0 Å². The van der Waals surface area contributed by atoms with Crippen molar-refractivity contribution in [3.05, 3.63) is 23.9 Å². The summed E-state index contributed by atoms with van der Waals surface area (Å²) >= 11 is 0. The molecule has 0 amide bonds. The van der Waals surface area contributed by atoms with Gasteiger partial charge in [-0.05, 0) is 31.5 Å². The standard InChI is InChI=1S/C11H17N3O2S/c1-9-3-4-13-11(7-9)17(15,16)14-6-5-12-8-10(14)2/h3-4,7,10,12H,5-6,8H2,1-2H3. The molecule has 94 valence electrons. The van der Waals surface area contributed by atoms with Crippen LogP contribution in [0.25, 0.3) is 0 Å². The number of pyridine rings is 1. The number of sulfonamides is 1. The summed E-state index contributed by atoms with van der Waals surface area (Å²) in [6.45, 7) is 5.64. The molecule has 0 bridgehead atoms. The summed E-state index contributed by atoms with van der Waals surface area (Å²) in [6.07, 6.45) is 1.54. The molecule has 1 aliphatic heterocycles. The van der Waals surface area contributed by atoms with Crippen molar-refractivity contribution in [2.24, 2.45) is 0 Å². The van der Waals surface area contributed by atoms with E-state index in [1.165, 1.54) is 10.5 Å². The number of nitrogens with one attached hydrogen (secondary N) is 1. The maximum absolute atomic E-state index is 12.4. The molecule has 1 fully saturated rings. The van der Waals surface area contributed by atoms with Crippen molar-refractivity contribution < 1.29 is 8.42 Å². The molecule has 0 aliphatic carbocycles. The highest BCUT2D eigenvalue weighted by Crippen LogP contribution is 2.17. The second-order valence-corrected chi connectivity index (χ2v) is 6.18. The van der Waals surface area contributed by atoms with E-state index in [2.05, 4.69) is 10.3 Å². The Kier molecular flexibility index (Phi) is 3.46. The minimum absolute atomic E-state index is 0.0314. The molecule has 17 heavy (non-hydrogen) atoms. The van der Waals surface area contributed by atoms with Crippen molar-refractivity contribution in [2.45, 2.75) is 24.9 Å². The van der Waals surface area contributed by atoms with Gasteiger partial charge in [0.05, 0.1) is 0 Å². The molecule has 1 N–H and O–H groups in total. The predicted molar refractivity (Wildman–Crippen MR) is 65.2 cm³/mol. The third-order valence-electron chi connectivity index (χ3n) is 2.90. The first kappa shape index (κ1) is 12.5. The van der Waals surface area contributed by atoms with Crippen molar-refractivity contribution in [3.8, 4) is 0 Å². The van der Waals surface area contributed by atoms with Crippen LogP contribution < -0.4 is 5.32 Å². The molecule has 1 saturated heterocycles. The van der Waals surface area contributed by atoms with Crippen LogP contribution in [0.2, 0.25) is 0 Å². The quantitative estimate of drug-likeness (QED) is 0.829. The first-order valence-electron chi connectivity index (χ1n) is 5.67. The zero-order valence-electron chi connectivity index (χ0n) is 10.0. The first-order chi connectivity index (χ1) is 8.01. The van der Waals surface area contributed by atoms with Gasteiger partial charge in [0, 0.05) is 31.9 Å². The SMILES string of the molecule is Cc1ccnc(S(=O)(=O)N2CCNCC2C)c1. The Morgan fingerprint density at radius 1 is 1.53 bits per heavy atom. The maximum atomic E-state index is 12.4. The van der Waals surface area contributed by atoms with Gasteiger partial charge in [-0.1, -0.05) is 0 Å². The van der Waals surface area contributed by atoms with Gasteiger partial charge in [-0.15, -0.1) is 0 Å². The van der Waals surface area contributed by atoms with Crippen LogP contribution in [-0.2, 0) is 10.0 Å². The summed E-state index contributed by atoms with van der Waals surface area (Å²) in [5.74, 6) is 0. The molecule has 5 nitrogen and oxygen atoms in total. The fourth-order valence-electron chi connectivity index (χ4n) is 1.95. The van der Waals surface area contributed by atoms with Crippen LogP contribution in [0.5, 0.6) is 0 Å². The van der Waals surface area contributed by atoms with Gasteiger partial charge in [-0.25, -0.2) is 13.4 Å². The predicted octanol–water partition coefficient (Wildman–Crippen LogP) is 0.372. The Balaban J connectivity index is 2.35. The average molecular weight is 255 g/mol. The molecule has 1 aromatic heterocycles.